The summed E-state index contributed by atoms with van der Waals surface area (Å²) in [6.45, 7) is 0. The molecule has 0 amide bonds. The van der Waals surface area contributed by atoms with Crippen LogP contribution in [0.1, 0.15) is 17.4 Å². The summed E-state index contributed by atoms with van der Waals surface area (Å²) in [5.41, 5.74) is 11.4. The summed E-state index contributed by atoms with van der Waals surface area (Å²) in [5, 5.41) is 7.32. The molecule has 1 aliphatic rings. The second-order valence-corrected chi connectivity index (χ2v) is 12.1. The Bertz CT molecular complexity index is 2420. The highest BCUT2D eigenvalue weighted by molar-refractivity contribution is 5.98. The average Bonchev–Trinajstić information content (AvgIpc) is 3.17. The number of pyridine rings is 1. The Morgan fingerprint density at radius 2 is 1.15 bits per heavy atom. The highest BCUT2D eigenvalue weighted by Crippen LogP contribution is 2.35. The van der Waals surface area contributed by atoms with Gasteiger partial charge in [-0.3, -0.25) is 0 Å². The molecule has 0 spiro atoms. The molecule has 0 saturated carbocycles. The van der Waals surface area contributed by atoms with E-state index in [0.717, 1.165) is 67.3 Å². The van der Waals surface area contributed by atoms with Crippen molar-refractivity contribution in [1.29, 1.82) is 0 Å². The fourth-order valence-corrected chi connectivity index (χ4v) is 6.59. The lowest BCUT2D eigenvalue weighted by atomic mass is 9.97. The third-order valence-electron chi connectivity index (χ3n) is 9.08. The molecule has 2 aromatic heterocycles. The number of benzene rings is 6. The van der Waals surface area contributed by atoms with E-state index >= 15 is 0 Å². The summed E-state index contributed by atoms with van der Waals surface area (Å²) in [4.78, 5) is 15.3. The van der Waals surface area contributed by atoms with Gasteiger partial charge in [-0.1, -0.05) is 146 Å². The minimum absolute atomic E-state index is 0.188. The zero-order valence-corrected chi connectivity index (χ0v) is 26.1. The van der Waals surface area contributed by atoms with Gasteiger partial charge in [0, 0.05) is 27.8 Å². The molecule has 8 aromatic rings. The van der Waals surface area contributed by atoms with Crippen LogP contribution in [0.5, 0.6) is 0 Å². The zero-order chi connectivity index (χ0) is 31.9. The van der Waals surface area contributed by atoms with Gasteiger partial charge in [0.2, 0.25) is 0 Å². The second-order valence-electron chi connectivity index (χ2n) is 12.1. The Labute approximate surface area is 279 Å². The summed E-state index contributed by atoms with van der Waals surface area (Å²) in [5.74, 6) is 0.729. The van der Waals surface area contributed by atoms with Crippen molar-refractivity contribution < 1.29 is 0 Å². The highest BCUT2D eigenvalue weighted by atomic mass is 15.0. The Balaban J connectivity index is 1.06. The van der Waals surface area contributed by atoms with Gasteiger partial charge in [0.05, 0.1) is 22.6 Å². The molecule has 1 atom stereocenters. The molecule has 0 radical (unpaired) electrons. The van der Waals surface area contributed by atoms with Crippen LogP contribution in [0.4, 0.5) is 5.69 Å². The smallest absolute Gasteiger partial charge is 0.155 e. The van der Waals surface area contributed by atoms with Gasteiger partial charge in [-0.25, -0.2) is 15.0 Å². The van der Waals surface area contributed by atoms with Crippen molar-refractivity contribution in [3.05, 3.63) is 175 Å². The molecule has 1 N–H and O–H groups in total. The first-order valence-corrected chi connectivity index (χ1v) is 16.2. The van der Waals surface area contributed by atoms with Gasteiger partial charge < -0.3 is 5.32 Å². The van der Waals surface area contributed by atoms with Gasteiger partial charge in [-0.05, 0) is 51.7 Å². The molecule has 4 heteroatoms. The van der Waals surface area contributed by atoms with Crippen molar-refractivity contribution in [2.45, 2.75) is 6.04 Å². The van der Waals surface area contributed by atoms with E-state index in [-0.39, 0.29) is 6.04 Å². The predicted molar refractivity (Wildman–Crippen MR) is 198 cm³/mol. The van der Waals surface area contributed by atoms with E-state index in [0.29, 0.717) is 0 Å². The molecule has 0 fully saturated rings. The average molecular weight is 615 g/mol. The van der Waals surface area contributed by atoms with Crippen LogP contribution in [-0.2, 0) is 0 Å². The number of anilines is 1. The zero-order valence-electron chi connectivity index (χ0n) is 26.1. The summed E-state index contributed by atoms with van der Waals surface area (Å²) in [6, 6.07) is 54.8. The first-order chi connectivity index (χ1) is 23.7. The third-order valence-corrected chi connectivity index (χ3v) is 9.08. The minimum atomic E-state index is -0.188. The van der Waals surface area contributed by atoms with E-state index in [4.69, 9.17) is 15.0 Å². The van der Waals surface area contributed by atoms with E-state index in [1.807, 2.05) is 36.4 Å². The number of rotatable bonds is 5. The van der Waals surface area contributed by atoms with E-state index in [1.54, 1.807) is 0 Å². The summed E-state index contributed by atoms with van der Waals surface area (Å²) in [7, 11) is 0. The second kappa shape index (κ2) is 11.8. The van der Waals surface area contributed by atoms with Gasteiger partial charge in [0.1, 0.15) is 6.04 Å². The first kappa shape index (κ1) is 27.9. The lowest BCUT2D eigenvalue weighted by molar-refractivity contribution is 0.858. The summed E-state index contributed by atoms with van der Waals surface area (Å²) < 4.78 is 0. The molecule has 0 bridgehead atoms. The van der Waals surface area contributed by atoms with Gasteiger partial charge in [0.25, 0.3) is 0 Å². The first-order valence-electron chi connectivity index (χ1n) is 16.2. The molecule has 226 valence electrons. The number of aromatic nitrogens is 3. The number of nitrogens with one attached hydrogen (secondary N) is 1. The van der Waals surface area contributed by atoms with Gasteiger partial charge in [0.15, 0.2) is 5.82 Å². The standard InChI is InChI=1S/C44H30N4/c1-3-11-30(12-4-1)42-28-43(31-13-5-2-6-14-31)48-44(47-42)39-25-23-33-19-21-35(27-41(33)46-39)38-24-22-32-18-20-34(26-40(32)45-38)37-17-9-15-29-10-7-8-16-36(29)37/h1-28,39,46H. The maximum absolute atomic E-state index is 5.16. The van der Waals surface area contributed by atoms with Crippen LogP contribution in [0, 0.1) is 0 Å². The van der Waals surface area contributed by atoms with Crippen molar-refractivity contribution in [1.82, 2.24) is 15.0 Å². The molecule has 0 saturated heterocycles. The van der Waals surface area contributed by atoms with E-state index < -0.39 is 0 Å². The SMILES string of the molecule is C1=CC(c2nc(-c3ccccc3)cc(-c3ccccc3)n2)Nc2cc(-c3ccc4ccc(-c5cccc6ccccc56)cc4n3)ccc21. The van der Waals surface area contributed by atoms with Crippen molar-refractivity contribution in [2.75, 3.05) is 5.32 Å². The monoisotopic (exact) mass is 614 g/mol. The summed E-state index contributed by atoms with van der Waals surface area (Å²) >= 11 is 0. The van der Waals surface area contributed by atoms with Crippen LogP contribution in [0.15, 0.2) is 164 Å². The Morgan fingerprint density at radius 1 is 0.458 bits per heavy atom. The molecular weight excluding hydrogens is 585 g/mol. The molecule has 9 rings (SSSR count). The fraction of sp³-hybridized carbons (Fsp3) is 0.0227. The molecule has 0 aliphatic carbocycles. The van der Waals surface area contributed by atoms with Gasteiger partial charge in [-0.15, -0.1) is 0 Å². The molecule has 1 unspecified atom stereocenters. The van der Waals surface area contributed by atoms with Crippen LogP contribution in [0.25, 0.3) is 72.7 Å². The highest BCUT2D eigenvalue weighted by Gasteiger charge is 2.20. The van der Waals surface area contributed by atoms with Crippen LogP contribution in [-0.4, -0.2) is 15.0 Å². The van der Waals surface area contributed by atoms with Crippen molar-refractivity contribution in [2.24, 2.45) is 0 Å². The van der Waals surface area contributed by atoms with Crippen molar-refractivity contribution in [3.8, 4) is 44.9 Å². The quantitative estimate of drug-likeness (QED) is 0.210. The maximum atomic E-state index is 5.16. The normalized spacial score (nSPS) is 13.7. The molecular formula is C44H30N4. The number of nitrogens with zero attached hydrogens (tertiary/aromatic N) is 3. The van der Waals surface area contributed by atoms with Crippen molar-refractivity contribution >= 4 is 33.4 Å². The fourth-order valence-electron chi connectivity index (χ4n) is 6.59. The van der Waals surface area contributed by atoms with Crippen LogP contribution < -0.4 is 5.32 Å². The lowest BCUT2D eigenvalue weighted by Gasteiger charge is -2.23. The Morgan fingerprint density at radius 3 is 1.94 bits per heavy atom. The molecule has 3 heterocycles. The van der Waals surface area contributed by atoms with Crippen LogP contribution in [0.2, 0.25) is 0 Å². The molecule has 1 aliphatic heterocycles. The molecule has 48 heavy (non-hydrogen) atoms. The molecule has 4 nitrogen and oxygen atoms in total. The van der Waals surface area contributed by atoms with Crippen molar-refractivity contribution in [3.63, 3.8) is 0 Å². The van der Waals surface area contributed by atoms with E-state index in [9.17, 15) is 0 Å². The predicted octanol–water partition coefficient (Wildman–Crippen LogP) is 11.0. The minimum Gasteiger partial charge on any atom is -0.371 e. The van der Waals surface area contributed by atoms with E-state index in [1.165, 1.54) is 16.3 Å². The number of hydrogen-bond acceptors (Lipinski definition) is 4. The Kier molecular flexibility index (Phi) is 6.83. The summed E-state index contributed by atoms with van der Waals surface area (Å²) in [6.07, 6.45) is 4.30. The number of fused-ring (bicyclic) bond motifs is 3. The number of hydrogen-bond donors (Lipinski definition) is 1. The largest absolute Gasteiger partial charge is 0.371 e. The van der Waals surface area contributed by atoms with Crippen LogP contribution >= 0.6 is 0 Å². The van der Waals surface area contributed by atoms with Crippen LogP contribution in [0.3, 0.4) is 0 Å². The van der Waals surface area contributed by atoms with Gasteiger partial charge >= 0.3 is 0 Å². The van der Waals surface area contributed by atoms with E-state index in [2.05, 4.69) is 139 Å². The lowest BCUT2D eigenvalue weighted by Crippen LogP contribution is -2.16. The van der Waals surface area contributed by atoms with Gasteiger partial charge in [-0.2, -0.15) is 0 Å². The maximum Gasteiger partial charge on any atom is 0.155 e. The topological polar surface area (TPSA) is 50.7 Å². The third kappa shape index (κ3) is 5.20. The Hall–Kier alpha value is -6.39. The molecule has 6 aromatic carbocycles.